The molecular formula is C28H48O2. The maximum atomic E-state index is 12.4. The first-order valence-electron chi connectivity index (χ1n) is 12.8. The highest BCUT2D eigenvalue weighted by atomic mass is 16.5. The molecule has 172 valence electrons. The molecule has 0 heterocycles. The van der Waals surface area contributed by atoms with Gasteiger partial charge in [-0.25, -0.2) is 0 Å². The maximum Gasteiger partial charge on any atom is 0.311 e. The minimum Gasteiger partial charge on any atom is -0.426 e. The predicted octanol–water partition coefficient (Wildman–Crippen LogP) is 9.32. The molecule has 0 aliphatic rings. The van der Waals surface area contributed by atoms with Gasteiger partial charge in [0, 0.05) is 6.42 Å². The standard InChI is InChI=1S/C28H48O2/c1-6-7-8-9-10-11-12-13-14-15-16-17-18-22-27(29)30-28-25(23(2)3)20-19-21-26(28)24(4)5/h19-21,23-24H,6-18,22H2,1-5H3. The van der Waals surface area contributed by atoms with Crippen molar-refractivity contribution in [2.75, 3.05) is 0 Å². The topological polar surface area (TPSA) is 26.3 Å². The van der Waals surface area contributed by atoms with Gasteiger partial charge in [0.2, 0.25) is 0 Å². The van der Waals surface area contributed by atoms with Gasteiger partial charge in [-0.3, -0.25) is 4.79 Å². The van der Waals surface area contributed by atoms with Crippen molar-refractivity contribution in [3.63, 3.8) is 0 Å². The molecular weight excluding hydrogens is 368 g/mol. The Labute approximate surface area is 187 Å². The van der Waals surface area contributed by atoms with E-state index in [0.29, 0.717) is 18.3 Å². The van der Waals surface area contributed by atoms with Crippen LogP contribution in [0.25, 0.3) is 0 Å². The van der Waals surface area contributed by atoms with Crippen molar-refractivity contribution >= 4 is 5.97 Å². The second-order valence-corrected chi connectivity index (χ2v) is 9.54. The van der Waals surface area contributed by atoms with Gasteiger partial charge < -0.3 is 4.74 Å². The van der Waals surface area contributed by atoms with Crippen LogP contribution in [0.3, 0.4) is 0 Å². The quantitative estimate of drug-likeness (QED) is 0.144. The molecule has 1 rings (SSSR count). The van der Waals surface area contributed by atoms with E-state index < -0.39 is 0 Å². The molecule has 0 saturated heterocycles. The molecule has 0 aromatic heterocycles. The van der Waals surface area contributed by atoms with E-state index in [4.69, 9.17) is 4.74 Å². The average Bonchev–Trinajstić information content (AvgIpc) is 2.71. The van der Waals surface area contributed by atoms with Crippen LogP contribution in [0.5, 0.6) is 5.75 Å². The number of ether oxygens (including phenoxy) is 1. The molecule has 2 nitrogen and oxygen atoms in total. The van der Waals surface area contributed by atoms with Crippen molar-refractivity contribution in [3.05, 3.63) is 29.3 Å². The van der Waals surface area contributed by atoms with Crippen molar-refractivity contribution < 1.29 is 9.53 Å². The third-order valence-corrected chi connectivity index (χ3v) is 6.02. The van der Waals surface area contributed by atoms with Gasteiger partial charge in [-0.2, -0.15) is 0 Å². The summed E-state index contributed by atoms with van der Waals surface area (Å²) < 4.78 is 5.87. The minimum atomic E-state index is -0.0759. The van der Waals surface area contributed by atoms with E-state index in [9.17, 15) is 4.79 Å². The van der Waals surface area contributed by atoms with Crippen molar-refractivity contribution in [3.8, 4) is 5.75 Å². The van der Waals surface area contributed by atoms with Crippen LogP contribution in [-0.2, 0) is 4.79 Å². The molecule has 0 bridgehead atoms. The molecule has 1 aromatic rings. The Morgan fingerprint density at radius 2 is 1.10 bits per heavy atom. The summed E-state index contributed by atoms with van der Waals surface area (Å²) in [7, 11) is 0. The lowest BCUT2D eigenvalue weighted by molar-refractivity contribution is -0.134. The highest BCUT2D eigenvalue weighted by molar-refractivity contribution is 5.73. The normalized spacial score (nSPS) is 11.4. The Kier molecular flexibility index (Phi) is 14.6. The molecule has 0 unspecified atom stereocenters. The van der Waals surface area contributed by atoms with Gasteiger partial charge in [0.05, 0.1) is 0 Å². The summed E-state index contributed by atoms with van der Waals surface area (Å²) in [6, 6.07) is 6.25. The summed E-state index contributed by atoms with van der Waals surface area (Å²) in [5.41, 5.74) is 2.28. The van der Waals surface area contributed by atoms with Crippen LogP contribution in [0.15, 0.2) is 18.2 Å². The fourth-order valence-electron chi connectivity index (χ4n) is 4.05. The van der Waals surface area contributed by atoms with E-state index >= 15 is 0 Å². The number of unbranched alkanes of at least 4 members (excludes halogenated alkanes) is 12. The molecule has 2 heteroatoms. The van der Waals surface area contributed by atoms with Gasteiger partial charge in [0.15, 0.2) is 0 Å². The number of rotatable bonds is 17. The van der Waals surface area contributed by atoms with Crippen molar-refractivity contribution in [2.45, 2.75) is 136 Å². The Bertz CT molecular complexity index is 548. The van der Waals surface area contributed by atoms with E-state index in [1.54, 1.807) is 0 Å². The maximum absolute atomic E-state index is 12.4. The molecule has 0 amide bonds. The highest BCUT2D eigenvalue weighted by Crippen LogP contribution is 2.34. The Morgan fingerprint density at radius 3 is 1.50 bits per heavy atom. The smallest absolute Gasteiger partial charge is 0.311 e. The fourth-order valence-corrected chi connectivity index (χ4v) is 4.05. The third kappa shape index (κ3) is 11.2. The summed E-state index contributed by atoms with van der Waals surface area (Å²) >= 11 is 0. The van der Waals surface area contributed by atoms with Gasteiger partial charge in [-0.15, -0.1) is 0 Å². The Balaban J connectivity index is 2.17. The van der Waals surface area contributed by atoms with Gasteiger partial charge in [0.1, 0.15) is 5.75 Å². The van der Waals surface area contributed by atoms with Gasteiger partial charge in [-0.05, 0) is 29.4 Å². The molecule has 0 aliphatic heterocycles. The molecule has 0 saturated carbocycles. The van der Waals surface area contributed by atoms with Crippen LogP contribution < -0.4 is 4.74 Å². The molecule has 0 fully saturated rings. The molecule has 30 heavy (non-hydrogen) atoms. The van der Waals surface area contributed by atoms with Crippen molar-refractivity contribution in [1.29, 1.82) is 0 Å². The second kappa shape index (κ2) is 16.4. The molecule has 0 radical (unpaired) electrons. The Hall–Kier alpha value is -1.31. The number of para-hydroxylation sites is 1. The highest BCUT2D eigenvalue weighted by Gasteiger charge is 2.17. The molecule has 0 N–H and O–H groups in total. The second-order valence-electron chi connectivity index (χ2n) is 9.54. The number of esters is 1. The van der Waals surface area contributed by atoms with Crippen LogP contribution in [0.1, 0.15) is 147 Å². The third-order valence-electron chi connectivity index (χ3n) is 6.02. The van der Waals surface area contributed by atoms with Crippen LogP contribution in [-0.4, -0.2) is 5.97 Å². The molecule has 1 aromatic carbocycles. The van der Waals surface area contributed by atoms with E-state index in [1.165, 1.54) is 70.6 Å². The van der Waals surface area contributed by atoms with Crippen molar-refractivity contribution in [2.24, 2.45) is 0 Å². The number of carbonyl (C=O) groups is 1. The first kappa shape index (κ1) is 26.7. The summed E-state index contributed by atoms with van der Waals surface area (Å²) in [5.74, 6) is 1.43. The van der Waals surface area contributed by atoms with Crippen LogP contribution in [0.2, 0.25) is 0 Å². The monoisotopic (exact) mass is 416 g/mol. The number of benzene rings is 1. The van der Waals surface area contributed by atoms with E-state index in [1.807, 2.05) is 0 Å². The van der Waals surface area contributed by atoms with E-state index in [0.717, 1.165) is 29.7 Å². The number of carbonyl (C=O) groups excluding carboxylic acids is 1. The zero-order valence-corrected chi connectivity index (χ0v) is 20.6. The lowest BCUT2D eigenvalue weighted by Gasteiger charge is -2.18. The van der Waals surface area contributed by atoms with Crippen LogP contribution in [0.4, 0.5) is 0 Å². The largest absolute Gasteiger partial charge is 0.426 e. The lowest BCUT2D eigenvalue weighted by atomic mass is 9.94. The van der Waals surface area contributed by atoms with Crippen LogP contribution >= 0.6 is 0 Å². The number of hydrogen-bond acceptors (Lipinski definition) is 2. The zero-order chi connectivity index (χ0) is 22.2. The van der Waals surface area contributed by atoms with Gasteiger partial charge >= 0.3 is 5.97 Å². The van der Waals surface area contributed by atoms with E-state index in [2.05, 4.69) is 52.8 Å². The number of hydrogen-bond donors (Lipinski definition) is 0. The first-order chi connectivity index (χ1) is 14.5. The lowest BCUT2D eigenvalue weighted by Crippen LogP contribution is -2.12. The molecule has 0 atom stereocenters. The minimum absolute atomic E-state index is 0.0759. The Morgan fingerprint density at radius 1 is 0.700 bits per heavy atom. The fraction of sp³-hybridized carbons (Fsp3) is 0.750. The summed E-state index contributed by atoms with van der Waals surface area (Å²) in [6.07, 6.45) is 17.7. The first-order valence-corrected chi connectivity index (χ1v) is 12.8. The zero-order valence-electron chi connectivity index (χ0n) is 20.6. The SMILES string of the molecule is CCCCCCCCCCCCCCCC(=O)Oc1c(C(C)C)cccc1C(C)C. The average molecular weight is 417 g/mol. The molecule has 0 aliphatic carbocycles. The van der Waals surface area contributed by atoms with Crippen LogP contribution in [0, 0.1) is 0 Å². The van der Waals surface area contributed by atoms with Crippen molar-refractivity contribution in [1.82, 2.24) is 0 Å². The molecule has 0 spiro atoms. The van der Waals surface area contributed by atoms with Gasteiger partial charge in [0.25, 0.3) is 0 Å². The summed E-state index contributed by atoms with van der Waals surface area (Å²) in [5, 5.41) is 0. The van der Waals surface area contributed by atoms with E-state index in [-0.39, 0.29) is 5.97 Å². The summed E-state index contributed by atoms with van der Waals surface area (Å²) in [6.45, 7) is 10.9. The summed E-state index contributed by atoms with van der Waals surface area (Å²) in [4.78, 5) is 12.4. The van der Waals surface area contributed by atoms with Gasteiger partial charge in [-0.1, -0.05) is 130 Å². The predicted molar refractivity (Wildman–Crippen MR) is 131 cm³/mol.